The number of carbonyl (C=O) groups is 2. The van der Waals surface area contributed by atoms with Crippen LogP contribution in [0.4, 0.5) is 11.5 Å². The minimum atomic E-state index is -0.543. The monoisotopic (exact) mass is 462 g/mol. The number of amides is 1. The Labute approximate surface area is 199 Å². The number of hydrogen-bond acceptors (Lipinski definition) is 7. The van der Waals surface area contributed by atoms with Gasteiger partial charge in [-0.2, -0.15) is 10.1 Å². The molecule has 0 radical (unpaired) electrons. The first kappa shape index (κ1) is 23.4. The Morgan fingerprint density at radius 2 is 1.97 bits per heavy atom. The predicted octanol–water partition coefficient (Wildman–Crippen LogP) is 4.21. The topological polar surface area (TPSA) is 102 Å². The van der Waals surface area contributed by atoms with Gasteiger partial charge in [-0.3, -0.25) is 4.79 Å². The van der Waals surface area contributed by atoms with Crippen molar-refractivity contribution < 1.29 is 14.3 Å². The molecule has 0 saturated carbocycles. The molecule has 3 heterocycles. The molecular formula is C25H30N6O3. The van der Waals surface area contributed by atoms with Crippen LogP contribution < -0.4 is 5.32 Å². The SMILES string of the molecule is CCOC(=O)c1cnc(-n2nc(C)cc2C)nc1Nc1ccccc1C(=O)N1CCCCC1C. The number of aromatic nitrogens is 4. The van der Waals surface area contributed by atoms with E-state index in [0.29, 0.717) is 17.2 Å². The zero-order valence-electron chi connectivity index (χ0n) is 20.0. The average Bonchev–Trinajstić information content (AvgIpc) is 3.17. The second-order valence-electron chi connectivity index (χ2n) is 8.51. The van der Waals surface area contributed by atoms with Crippen molar-refractivity contribution in [1.29, 1.82) is 0 Å². The van der Waals surface area contributed by atoms with Crippen LogP contribution in [0.25, 0.3) is 5.95 Å². The van der Waals surface area contributed by atoms with Crippen LogP contribution in [0.1, 0.15) is 65.2 Å². The number of likely N-dealkylation sites (tertiary alicyclic amines) is 1. The van der Waals surface area contributed by atoms with Crippen molar-refractivity contribution in [2.75, 3.05) is 18.5 Å². The summed E-state index contributed by atoms with van der Waals surface area (Å²) in [5.74, 6) is -0.0169. The van der Waals surface area contributed by atoms with Gasteiger partial charge in [-0.1, -0.05) is 12.1 Å². The zero-order chi connectivity index (χ0) is 24.2. The van der Waals surface area contributed by atoms with Crippen molar-refractivity contribution >= 4 is 23.4 Å². The standard InChI is InChI=1S/C25H30N6O3/c1-5-34-24(33)20-15-26-25(31-18(4)14-16(2)29-31)28-22(20)27-21-12-7-6-11-19(21)23(32)30-13-9-8-10-17(30)3/h6-7,11-12,14-15,17H,5,8-10,13H2,1-4H3,(H,26,27,28). The number of rotatable bonds is 6. The van der Waals surface area contributed by atoms with Gasteiger partial charge in [0.05, 0.1) is 23.6 Å². The van der Waals surface area contributed by atoms with Crippen molar-refractivity contribution in [1.82, 2.24) is 24.6 Å². The molecule has 1 aromatic carbocycles. The third-order valence-electron chi connectivity index (χ3n) is 5.94. The molecule has 1 atom stereocenters. The second kappa shape index (κ2) is 10.0. The van der Waals surface area contributed by atoms with Crippen molar-refractivity contribution in [3.63, 3.8) is 0 Å². The van der Waals surface area contributed by atoms with E-state index < -0.39 is 5.97 Å². The third kappa shape index (κ3) is 4.78. The highest BCUT2D eigenvalue weighted by molar-refractivity contribution is 6.01. The Morgan fingerprint density at radius 1 is 1.18 bits per heavy atom. The molecule has 3 aromatic rings. The van der Waals surface area contributed by atoms with E-state index in [1.54, 1.807) is 17.7 Å². The number of carbonyl (C=O) groups excluding carboxylic acids is 2. The lowest BCUT2D eigenvalue weighted by atomic mass is 10.0. The minimum Gasteiger partial charge on any atom is -0.462 e. The molecule has 34 heavy (non-hydrogen) atoms. The molecule has 9 nitrogen and oxygen atoms in total. The van der Waals surface area contributed by atoms with Gasteiger partial charge in [0.25, 0.3) is 11.9 Å². The van der Waals surface area contributed by atoms with Gasteiger partial charge in [-0.15, -0.1) is 0 Å². The fourth-order valence-electron chi connectivity index (χ4n) is 4.22. The van der Waals surface area contributed by atoms with Gasteiger partial charge < -0.3 is 15.0 Å². The number of para-hydroxylation sites is 1. The average molecular weight is 463 g/mol. The van der Waals surface area contributed by atoms with Crippen LogP contribution >= 0.6 is 0 Å². The van der Waals surface area contributed by atoms with E-state index in [9.17, 15) is 9.59 Å². The van der Waals surface area contributed by atoms with Gasteiger partial charge in [0.15, 0.2) is 5.82 Å². The Hall–Kier alpha value is -3.75. The van der Waals surface area contributed by atoms with Gasteiger partial charge in [-0.25, -0.2) is 14.5 Å². The van der Waals surface area contributed by atoms with Crippen LogP contribution in [-0.2, 0) is 4.74 Å². The normalized spacial score (nSPS) is 15.8. The molecule has 1 fully saturated rings. The van der Waals surface area contributed by atoms with E-state index >= 15 is 0 Å². The maximum Gasteiger partial charge on any atom is 0.343 e. The number of esters is 1. The van der Waals surface area contributed by atoms with Gasteiger partial charge in [0.1, 0.15) is 5.56 Å². The summed E-state index contributed by atoms with van der Waals surface area (Å²) in [7, 11) is 0. The molecule has 4 rings (SSSR count). The van der Waals surface area contributed by atoms with Crippen molar-refractivity contribution in [2.45, 2.75) is 53.0 Å². The number of ether oxygens (including phenoxy) is 1. The number of benzene rings is 1. The summed E-state index contributed by atoms with van der Waals surface area (Å²) < 4.78 is 6.82. The fraction of sp³-hybridized carbons (Fsp3) is 0.400. The van der Waals surface area contributed by atoms with E-state index in [2.05, 4.69) is 27.3 Å². The van der Waals surface area contributed by atoms with Crippen LogP contribution in [0.5, 0.6) is 0 Å². The number of nitrogens with one attached hydrogen (secondary N) is 1. The zero-order valence-corrected chi connectivity index (χ0v) is 20.0. The molecule has 0 spiro atoms. The molecule has 1 unspecified atom stereocenters. The summed E-state index contributed by atoms with van der Waals surface area (Å²) in [6.07, 6.45) is 4.54. The Kier molecular flexibility index (Phi) is 6.90. The maximum atomic E-state index is 13.4. The van der Waals surface area contributed by atoms with Crippen LogP contribution in [0.15, 0.2) is 36.5 Å². The largest absolute Gasteiger partial charge is 0.462 e. The summed E-state index contributed by atoms with van der Waals surface area (Å²) in [4.78, 5) is 36.9. The van der Waals surface area contributed by atoms with Gasteiger partial charge in [-0.05, 0) is 65.2 Å². The molecule has 1 N–H and O–H groups in total. The summed E-state index contributed by atoms with van der Waals surface area (Å²) in [5.41, 5.74) is 2.96. The summed E-state index contributed by atoms with van der Waals surface area (Å²) >= 11 is 0. The molecule has 1 aliphatic heterocycles. The lowest BCUT2D eigenvalue weighted by Gasteiger charge is -2.34. The Bertz CT molecular complexity index is 1210. The molecule has 0 aliphatic carbocycles. The lowest BCUT2D eigenvalue weighted by Crippen LogP contribution is -2.42. The van der Waals surface area contributed by atoms with Gasteiger partial charge in [0, 0.05) is 24.5 Å². The summed E-state index contributed by atoms with van der Waals surface area (Å²) in [6, 6.07) is 9.37. The number of anilines is 2. The minimum absolute atomic E-state index is 0.0409. The smallest absolute Gasteiger partial charge is 0.343 e. The fourth-order valence-corrected chi connectivity index (χ4v) is 4.22. The molecule has 9 heteroatoms. The van der Waals surface area contributed by atoms with E-state index in [4.69, 9.17) is 4.74 Å². The molecule has 1 aliphatic rings. The van der Waals surface area contributed by atoms with Crippen LogP contribution in [-0.4, -0.2) is 55.7 Å². The van der Waals surface area contributed by atoms with E-state index in [1.165, 1.54) is 6.20 Å². The molecular weight excluding hydrogens is 432 g/mol. The van der Waals surface area contributed by atoms with E-state index in [-0.39, 0.29) is 29.9 Å². The quantitative estimate of drug-likeness (QED) is 0.547. The van der Waals surface area contributed by atoms with Crippen LogP contribution in [0, 0.1) is 13.8 Å². The van der Waals surface area contributed by atoms with Crippen LogP contribution in [0.3, 0.4) is 0 Å². The van der Waals surface area contributed by atoms with Gasteiger partial charge >= 0.3 is 5.97 Å². The number of nitrogens with zero attached hydrogens (tertiary/aromatic N) is 5. The first-order chi connectivity index (χ1) is 16.4. The molecule has 178 valence electrons. The van der Waals surface area contributed by atoms with Crippen molar-refractivity contribution in [3.05, 3.63) is 59.0 Å². The molecule has 2 aromatic heterocycles. The number of piperidine rings is 1. The first-order valence-corrected chi connectivity index (χ1v) is 11.6. The predicted molar refractivity (Wildman–Crippen MR) is 129 cm³/mol. The molecule has 0 bridgehead atoms. The highest BCUT2D eigenvalue weighted by atomic mass is 16.5. The summed E-state index contributed by atoms with van der Waals surface area (Å²) in [6.45, 7) is 8.57. The Morgan fingerprint density at radius 3 is 2.68 bits per heavy atom. The third-order valence-corrected chi connectivity index (χ3v) is 5.94. The van der Waals surface area contributed by atoms with Crippen LogP contribution in [0.2, 0.25) is 0 Å². The molecule has 1 saturated heterocycles. The Balaban J connectivity index is 1.74. The maximum absolute atomic E-state index is 13.4. The van der Waals surface area contributed by atoms with Crippen molar-refractivity contribution in [3.8, 4) is 5.95 Å². The molecule has 1 amide bonds. The van der Waals surface area contributed by atoms with E-state index in [0.717, 1.165) is 37.2 Å². The summed E-state index contributed by atoms with van der Waals surface area (Å²) in [5, 5.41) is 7.65. The lowest BCUT2D eigenvalue weighted by molar-refractivity contribution is 0.0526. The first-order valence-electron chi connectivity index (χ1n) is 11.6. The highest BCUT2D eigenvalue weighted by Gasteiger charge is 2.26. The number of hydrogen-bond donors (Lipinski definition) is 1. The van der Waals surface area contributed by atoms with Crippen molar-refractivity contribution in [2.24, 2.45) is 0 Å². The van der Waals surface area contributed by atoms with E-state index in [1.807, 2.05) is 43.0 Å². The second-order valence-corrected chi connectivity index (χ2v) is 8.51. The van der Waals surface area contributed by atoms with Gasteiger partial charge in [0.2, 0.25) is 0 Å². The number of aryl methyl sites for hydroxylation is 2. The highest BCUT2D eigenvalue weighted by Crippen LogP contribution is 2.27.